The fraction of sp³-hybridized carbons (Fsp3) is 0.269. The van der Waals surface area contributed by atoms with Gasteiger partial charge in [0.25, 0.3) is 0 Å². The third-order valence-corrected chi connectivity index (χ3v) is 4.68. The molecule has 3 aromatic rings. The van der Waals surface area contributed by atoms with Gasteiger partial charge >= 0.3 is 5.97 Å². The van der Waals surface area contributed by atoms with Crippen LogP contribution in [0.1, 0.15) is 26.3 Å². The maximum absolute atomic E-state index is 13.6. The first-order valence-corrected chi connectivity index (χ1v) is 11.1. The van der Waals surface area contributed by atoms with E-state index in [1.165, 1.54) is 6.07 Å². The molecule has 3 rings (SSSR count). The molecular weight excluding hydrogens is 440 g/mol. The molecular formula is C26H29F2N3O3. The van der Waals surface area contributed by atoms with Crippen molar-refractivity contribution in [2.24, 2.45) is 0 Å². The van der Waals surface area contributed by atoms with Gasteiger partial charge in [-0.1, -0.05) is 32.0 Å². The molecule has 0 aliphatic heterocycles. The van der Waals surface area contributed by atoms with E-state index in [9.17, 15) is 18.4 Å². The van der Waals surface area contributed by atoms with Crippen molar-refractivity contribution in [3.8, 4) is 11.1 Å². The van der Waals surface area contributed by atoms with Gasteiger partial charge in [-0.2, -0.15) is 0 Å². The van der Waals surface area contributed by atoms with Gasteiger partial charge in [-0.15, -0.1) is 0 Å². The van der Waals surface area contributed by atoms with E-state index in [0.29, 0.717) is 11.3 Å². The Balaban J connectivity index is 0.00000199. The fourth-order valence-electron chi connectivity index (χ4n) is 3.13. The summed E-state index contributed by atoms with van der Waals surface area (Å²) in [6.45, 7) is 5.69. The summed E-state index contributed by atoms with van der Waals surface area (Å²) in [5.74, 6) is -2.92. The summed E-state index contributed by atoms with van der Waals surface area (Å²) >= 11 is 0. The number of anilines is 1. The maximum Gasteiger partial charge on any atom is 0.319 e. The van der Waals surface area contributed by atoms with Gasteiger partial charge in [0, 0.05) is 18.1 Å². The molecule has 1 unspecified atom stereocenters. The lowest BCUT2D eigenvalue weighted by atomic mass is 10.0. The predicted octanol–water partition coefficient (Wildman–Crippen LogP) is 4.76. The Labute approximate surface area is 198 Å². The van der Waals surface area contributed by atoms with Gasteiger partial charge in [0.2, 0.25) is 5.91 Å². The number of aromatic nitrogens is 1. The summed E-state index contributed by atoms with van der Waals surface area (Å²) in [6, 6.07) is 13.5. The molecule has 2 N–H and O–H groups in total. The summed E-state index contributed by atoms with van der Waals surface area (Å²) < 4.78 is 31.8. The molecule has 8 heteroatoms. The van der Waals surface area contributed by atoms with Crippen LogP contribution in [0.15, 0.2) is 67.0 Å². The Hall–Kier alpha value is -3.65. The first-order chi connectivity index (χ1) is 16.5. The minimum absolute atomic E-state index is 0.0481. The van der Waals surface area contributed by atoms with Gasteiger partial charge in [0.05, 0.1) is 19.2 Å². The van der Waals surface area contributed by atoms with Crippen LogP contribution in [0.3, 0.4) is 0 Å². The molecule has 0 saturated carbocycles. The first-order valence-electron chi connectivity index (χ1n) is 11.1. The molecule has 1 amide bonds. The lowest BCUT2D eigenvalue weighted by Crippen LogP contribution is -2.44. The average Bonchev–Trinajstić information content (AvgIpc) is 2.86. The zero-order chi connectivity index (χ0) is 24.9. The zero-order valence-electron chi connectivity index (χ0n) is 19.5. The molecule has 0 bridgehead atoms. The highest BCUT2D eigenvalue weighted by atomic mass is 19.2. The lowest BCUT2D eigenvalue weighted by Gasteiger charge is -2.19. The number of carbonyl (C=O) groups excluding carboxylic acids is 2. The molecule has 0 aliphatic carbocycles. The summed E-state index contributed by atoms with van der Waals surface area (Å²) in [5, 5.41) is 5.66. The Morgan fingerprint density at radius 1 is 0.971 bits per heavy atom. The molecule has 0 fully saturated rings. The van der Waals surface area contributed by atoms with Crippen molar-refractivity contribution in [1.29, 1.82) is 0 Å². The number of nitrogens with one attached hydrogen (secondary N) is 2. The molecule has 1 atom stereocenters. The van der Waals surface area contributed by atoms with Crippen molar-refractivity contribution in [2.75, 3.05) is 18.5 Å². The Morgan fingerprint density at radius 2 is 1.71 bits per heavy atom. The van der Waals surface area contributed by atoms with Crippen molar-refractivity contribution in [1.82, 2.24) is 10.3 Å². The number of nitrogens with zero attached hydrogens (tertiary/aromatic N) is 1. The van der Waals surface area contributed by atoms with E-state index >= 15 is 0 Å². The van der Waals surface area contributed by atoms with E-state index < -0.39 is 29.6 Å². The molecule has 0 aliphatic rings. The van der Waals surface area contributed by atoms with E-state index in [2.05, 4.69) is 15.6 Å². The first kappa shape index (κ1) is 26.6. The minimum atomic E-state index is -1.00. The van der Waals surface area contributed by atoms with Crippen molar-refractivity contribution in [3.05, 3.63) is 84.2 Å². The van der Waals surface area contributed by atoms with E-state index in [1.54, 1.807) is 25.4 Å². The number of rotatable bonds is 9. The SMILES string of the molecule is CC.CCOC(=O)CNC(Cc1ccc(F)c(F)c1)C(=O)Nc1cccc(-c2ccncc2)c1. The number of amides is 1. The number of hydrogen-bond acceptors (Lipinski definition) is 5. The van der Waals surface area contributed by atoms with Gasteiger partial charge in [0.1, 0.15) is 0 Å². The fourth-order valence-corrected chi connectivity index (χ4v) is 3.13. The Morgan fingerprint density at radius 3 is 2.38 bits per heavy atom. The third-order valence-electron chi connectivity index (χ3n) is 4.68. The van der Waals surface area contributed by atoms with Crippen molar-refractivity contribution < 1.29 is 23.1 Å². The van der Waals surface area contributed by atoms with Crippen LogP contribution in [0.5, 0.6) is 0 Å². The van der Waals surface area contributed by atoms with Crippen LogP contribution >= 0.6 is 0 Å². The summed E-state index contributed by atoms with van der Waals surface area (Å²) in [7, 11) is 0. The third kappa shape index (κ3) is 8.04. The molecule has 180 valence electrons. The molecule has 0 radical (unpaired) electrons. The van der Waals surface area contributed by atoms with E-state index in [4.69, 9.17) is 4.74 Å². The molecule has 2 aromatic carbocycles. The van der Waals surface area contributed by atoms with Gasteiger partial charge in [-0.3, -0.25) is 19.9 Å². The van der Waals surface area contributed by atoms with Gasteiger partial charge in [-0.05, 0) is 66.4 Å². The zero-order valence-corrected chi connectivity index (χ0v) is 19.5. The molecule has 0 saturated heterocycles. The second-order valence-corrected chi connectivity index (χ2v) is 7.00. The lowest BCUT2D eigenvalue weighted by molar-refractivity contribution is -0.142. The summed E-state index contributed by atoms with van der Waals surface area (Å²) in [5.41, 5.74) is 2.79. The van der Waals surface area contributed by atoms with Crippen LogP contribution in [0.2, 0.25) is 0 Å². The van der Waals surface area contributed by atoms with Gasteiger partial charge < -0.3 is 10.1 Å². The number of ether oxygens (including phenoxy) is 1. The quantitative estimate of drug-likeness (QED) is 0.442. The maximum atomic E-state index is 13.6. The van der Waals surface area contributed by atoms with E-state index in [0.717, 1.165) is 23.3 Å². The topological polar surface area (TPSA) is 80.3 Å². The second kappa shape index (κ2) is 13.8. The Bertz CT molecular complexity index is 1080. The average molecular weight is 470 g/mol. The van der Waals surface area contributed by atoms with Gasteiger partial charge in [0.15, 0.2) is 11.6 Å². The summed E-state index contributed by atoms with van der Waals surface area (Å²) in [6.07, 6.45) is 3.40. The molecule has 6 nitrogen and oxygen atoms in total. The van der Waals surface area contributed by atoms with E-state index in [1.807, 2.05) is 44.2 Å². The number of carbonyl (C=O) groups is 2. The van der Waals surface area contributed by atoms with Crippen molar-refractivity contribution in [3.63, 3.8) is 0 Å². The normalized spacial score (nSPS) is 11.1. The van der Waals surface area contributed by atoms with Crippen LogP contribution in [0.4, 0.5) is 14.5 Å². The second-order valence-electron chi connectivity index (χ2n) is 7.00. The van der Waals surface area contributed by atoms with Crippen LogP contribution in [0.25, 0.3) is 11.1 Å². The van der Waals surface area contributed by atoms with Crippen LogP contribution in [-0.4, -0.2) is 36.1 Å². The monoisotopic (exact) mass is 469 g/mol. The van der Waals surface area contributed by atoms with Gasteiger partial charge in [-0.25, -0.2) is 8.78 Å². The highest BCUT2D eigenvalue weighted by molar-refractivity contribution is 5.96. The Kier molecular flexibility index (Phi) is 10.8. The highest BCUT2D eigenvalue weighted by Gasteiger charge is 2.21. The van der Waals surface area contributed by atoms with Crippen LogP contribution in [0, 0.1) is 11.6 Å². The largest absolute Gasteiger partial charge is 0.465 e. The number of benzene rings is 2. The number of esters is 1. The molecule has 0 spiro atoms. The van der Waals surface area contributed by atoms with E-state index in [-0.39, 0.29) is 19.6 Å². The molecule has 34 heavy (non-hydrogen) atoms. The van der Waals surface area contributed by atoms with Crippen molar-refractivity contribution >= 4 is 17.6 Å². The highest BCUT2D eigenvalue weighted by Crippen LogP contribution is 2.22. The van der Waals surface area contributed by atoms with Crippen LogP contribution in [-0.2, 0) is 20.7 Å². The number of pyridine rings is 1. The number of halogens is 2. The molecule has 1 heterocycles. The number of hydrogen-bond donors (Lipinski definition) is 2. The standard InChI is InChI=1S/C24H23F2N3O3.C2H6/c1-2-32-23(30)15-28-22(13-16-6-7-20(25)21(26)12-16)24(31)29-19-5-3-4-18(14-19)17-8-10-27-11-9-17;1-2/h3-12,14,22,28H,2,13,15H2,1H3,(H,29,31);1-2H3. The predicted molar refractivity (Wildman–Crippen MR) is 128 cm³/mol. The van der Waals surface area contributed by atoms with Crippen molar-refractivity contribution in [2.45, 2.75) is 33.2 Å². The van der Waals surface area contributed by atoms with Crippen LogP contribution < -0.4 is 10.6 Å². The smallest absolute Gasteiger partial charge is 0.319 e. The summed E-state index contributed by atoms with van der Waals surface area (Å²) in [4.78, 5) is 28.7. The molecule has 1 aromatic heterocycles. The minimum Gasteiger partial charge on any atom is -0.465 e.